The molecule has 0 aliphatic carbocycles. The van der Waals surface area contributed by atoms with Crippen LogP contribution in [0.1, 0.15) is 22.6 Å². The number of para-hydroxylation sites is 1. The number of aromatic amines is 1. The standard InChI is InChI=1S/C26H21N5O2/c1-2-10-25-21(7-1)12-13-22(27-25)18-33-24-9-4-6-20(16-24)17-32-23-8-3-5-19(15-23)11-14-26-28-30-31-29-26/h1-16H,17-18H2,(H,28,29,30,31)/b14-11+. The van der Waals surface area contributed by atoms with Crippen molar-refractivity contribution < 1.29 is 9.47 Å². The smallest absolute Gasteiger partial charge is 0.197 e. The highest BCUT2D eigenvalue weighted by Crippen LogP contribution is 2.20. The van der Waals surface area contributed by atoms with Gasteiger partial charge in [0.1, 0.15) is 24.7 Å². The molecule has 5 rings (SSSR count). The average Bonchev–Trinajstić information content (AvgIpc) is 3.39. The third-order valence-corrected chi connectivity index (χ3v) is 4.99. The van der Waals surface area contributed by atoms with Crippen LogP contribution in [0, 0.1) is 0 Å². The predicted octanol–water partition coefficient (Wildman–Crippen LogP) is 5.08. The fraction of sp³-hybridized carbons (Fsp3) is 0.0769. The van der Waals surface area contributed by atoms with Gasteiger partial charge < -0.3 is 9.47 Å². The van der Waals surface area contributed by atoms with Crippen molar-refractivity contribution in [2.45, 2.75) is 13.2 Å². The maximum atomic E-state index is 5.98. The van der Waals surface area contributed by atoms with Gasteiger partial charge >= 0.3 is 0 Å². The number of nitrogens with zero attached hydrogens (tertiary/aromatic N) is 4. The quantitative estimate of drug-likeness (QED) is 0.366. The Morgan fingerprint density at radius 2 is 1.61 bits per heavy atom. The second-order valence-corrected chi connectivity index (χ2v) is 7.40. The first kappa shape index (κ1) is 20.4. The van der Waals surface area contributed by atoms with E-state index < -0.39 is 0 Å². The Balaban J connectivity index is 1.19. The van der Waals surface area contributed by atoms with Crippen LogP contribution in [0.25, 0.3) is 23.1 Å². The molecule has 0 bridgehead atoms. The Kier molecular flexibility index (Phi) is 6.02. The number of nitrogens with one attached hydrogen (secondary N) is 1. The number of hydrogen-bond acceptors (Lipinski definition) is 6. The zero-order valence-electron chi connectivity index (χ0n) is 17.8. The number of H-pyrrole nitrogens is 1. The number of benzene rings is 3. The highest BCUT2D eigenvalue weighted by Gasteiger charge is 2.03. The van der Waals surface area contributed by atoms with Crippen molar-refractivity contribution in [3.63, 3.8) is 0 Å². The second-order valence-electron chi connectivity index (χ2n) is 7.40. The Morgan fingerprint density at radius 3 is 2.52 bits per heavy atom. The highest BCUT2D eigenvalue weighted by atomic mass is 16.5. The zero-order chi connectivity index (χ0) is 22.3. The minimum Gasteiger partial charge on any atom is -0.489 e. The number of rotatable bonds is 8. The van der Waals surface area contributed by atoms with Gasteiger partial charge in [0, 0.05) is 5.39 Å². The molecule has 0 saturated heterocycles. The van der Waals surface area contributed by atoms with Crippen molar-refractivity contribution >= 4 is 23.1 Å². The molecule has 0 fully saturated rings. The van der Waals surface area contributed by atoms with Crippen LogP contribution in [-0.4, -0.2) is 25.6 Å². The van der Waals surface area contributed by atoms with Gasteiger partial charge in [0.15, 0.2) is 5.82 Å². The molecule has 162 valence electrons. The van der Waals surface area contributed by atoms with E-state index in [0.717, 1.165) is 39.2 Å². The van der Waals surface area contributed by atoms with Gasteiger partial charge in [0.25, 0.3) is 0 Å². The zero-order valence-corrected chi connectivity index (χ0v) is 17.8. The maximum Gasteiger partial charge on any atom is 0.197 e. The van der Waals surface area contributed by atoms with Gasteiger partial charge in [-0.2, -0.15) is 5.21 Å². The topological polar surface area (TPSA) is 85.8 Å². The van der Waals surface area contributed by atoms with Crippen molar-refractivity contribution in [1.82, 2.24) is 25.6 Å². The fourth-order valence-electron chi connectivity index (χ4n) is 3.36. The second kappa shape index (κ2) is 9.74. The van der Waals surface area contributed by atoms with Gasteiger partial charge in [-0.25, -0.2) is 4.98 Å². The van der Waals surface area contributed by atoms with Gasteiger partial charge in [-0.3, -0.25) is 0 Å². The minimum atomic E-state index is 0.407. The lowest BCUT2D eigenvalue weighted by atomic mass is 10.2. The van der Waals surface area contributed by atoms with E-state index in [2.05, 4.69) is 37.7 Å². The first-order valence-electron chi connectivity index (χ1n) is 10.5. The van der Waals surface area contributed by atoms with Crippen molar-refractivity contribution in [1.29, 1.82) is 0 Å². The highest BCUT2D eigenvalue weighted by molar-refractivity contribution is 5.78. The van der Waals surface area contributed by atoms with Crippen molar-refractivity contribution in [3.8, 4) is 11.5 Å². The van der Waals surface area contributed by atoms with Crippen molar-refractivity contribution in [2.75, 3.05) is 0 Å². The van der Waals surface area contributed by atoms with Crippen molar-refractivity contribution in [2.24, 2.45) is 0 Å². The Morgan fingerprint density at radius 1 is 0.758 bits per heavy atom. The lowest BCUT2D eigenvalue weighted by Crippen LogP contribution is -2.00. The molecular weight excluding hydrogens is 414 g/mol. The van der Waals surface area contributed by atoms with E-state index in [1.54, 1.807) is 6.08 Å². The van der Waals surface area contributed by atoms with E-state index in [-0.39, 0.29) is 0 Å². The summed E-state index contributed by atoms with van der Waals surface area (Å²) >= 11 is 0. The molecule has 0 spiro atoms. The lowest BCUT2D eigenvalue weighted by Gasteiger charge is -2.10. The molecule has 7 heteroatoms. The number of fused-ring (bicyclic) bond motifs is 1. The third-order valence-electron chi connectivity index (χ3n) is 4.99. The van der Waals surface area contributed by atoms with Crippen LogP contribution >= 0.6 is 0 Å². The summed E-state index contributed by atoms with van der Waals surface area (Å²) in [6.07, 6.45) is 3.70. The molecule has 0 aliphatic rings. The van der Waals surface area contributed by atoms with Gasteiger partial charge in [-0.15, -0.1) is 10.2 Å². The molecule has 2 aromatic heterocycles. The molecule has 3 aromatic carbocycles. The monoisotopic (exact) mass is 435 g/mol. The SMILES string of the molecule is C(=C\c1nn[nH]n1)/c1cccc(OCc2cccc(OCc3ccc4ccccc4n3)c2)c1. The summed E-state index contributed by atoms with van der Waals surface area (Å²) < 4.78 is 12.0. The summed E-state index contributed by atoms with van der Waals surface area (Å²) in [5.74, 6) is 2.08. The van der Waals surface area contributed by atoms with Crippen LogP contribution in [0.3, 0.4) is 0 Å². The van der Waals surface area contributed by atoms with E-state index in [4.69, 9.17) is 9.47 Å². The number of aromatic nitrogens is 5. The Bertz CT molecular complexity index is 1380. The van der Waals surface area contributed by atoms with Crippen molar-refractivity contribution in [3.05, 3.63) is 108 Å². The summed E-state index contributed by atoms with van der Waals surface area (Å²) in [6.45, 7) is 0.841. The van der Waals surface area contributed by atoms with E-state index in [9.17, 15) is 0 Å². The van der Waals surface area contributed by atoms with E-state index in [0.29, 0.717) is 19.0 Å². The number of ether oxygens (including phenoxy) is 2. The van der Waals surface area contributed by atoms with Gasteiger partial charge in [-0.05, 0) is 58.8 Å². The minimum absolute atomic E-state index is 0.407. The molecule has 0 aliphatic heterocycles. The van der Waals surface area contributed by atoms with E-state index in [1.807, 2.05) is 78.9 Å². The van der Waals surface area contributed by atoms with Crippen LogP contribution in [0.4, 0.5) is 0 Å². The Hall–Kier alpha value is -4.52. The summed E-state index contributed by atoms with van der Waals surface area (Å²) in [6, 6.07) is 27.8. The van der Waals surface area contributed by atoms with Crippen LogP contribution in [0.15, 0.2) is 84.9 Å². The molecule has 5 aromatic rings. The molecule has 0 unspecified atom stereocenters. The summed E-state index contributed by atoms with van der Waals surface area (Å²) in [5.41, 5.74) is 3.86. The molecule has 0 amide bonds. The molecule has 0 saturated carbocycles. The molecule has 1 N–H and O–H groups in total. The summed E-state index contributed by atoms with van der Waals surface area (Å²) in [7, 11) is 0. The molecule has 33 heavy (non-hydrogen) atoms. The molecular formula is C26H21N5O2. The normalized spacial score (nSPS) is 11.2. The van der Waals surface area contributed by atoms with Gasteiger partial charge in [0.2, 0.25) is 0 Å². The first-order chi connectivity index (χ1) is 16.3. The van der Waals surface area contributed by atoms with Gasteiger partial charge in [-0.1, -0.05) is 54.6 Å². The average molecular weight is 435 g/mol. The third kappa shape index (κ3) is 5.40. The van der Waals surface area contributed by atoms with Crippen LogP contribution in [0.5, 0.6) is 11.5 Å². The first-order valence-corrected chi connectivity index (χ1v) is 10.5. The summed E-state index contributed by atoms with van der Waals surface area (Å²) in [4.78, 5) is 4.66. The maximum absolute atomic E-state index is 5.98. The predicted molar refractivity (Wildman–Crippen MR) is 126 cm³/mol. The number of pyridine rings is 1. The number of tetrazole rings is 1. The molecule has 0 radical (unpaired) electrons. The van der Waals surface area contributed by atoms with Gasteiger partial charge in [0.05, 0.1) is 11.2 Å². The van der Waals surface area contributed by atoms with E-state index >= 15 is 0 Å². The summed E-state index contributed by atoms with van der Waals surface area (Å²) in [5, 5.41) is 14.9. The molecule has 0 atom stereocenters. The molecule has 7 nitrogen and oxygen atoms in total. The molecule has 2 heterocycles. The number of hydrogen-bond donors (Lipinski definition) is 1. The largest absolute Gasteiger partial charge is 0.489 e. The van der Waals surface area contributed by atoms with Crippen LogP contribution < -0.4 is 9.47 Å². The van der Waals surface area contributed by atoms with Crippen LogP contribution in [0.2, 0.25) is 0 Å². The fourth-order valence-corrected chi connectivity index (χ4v) is 3.36. The lowest BCUT2D eigenvalue weighted by molar-refractivity contribution is 0.293. The Labute approximate surface area is 190 Å². The van der Waals surface area contributed by atoms with E-state index in [1.165, 1.54) is 0 Å². The van der Waals surface area contributed by atoms with Crippen LogP contribution in [-0.2, 0) is 13.2 Å².